The van der Waals surface area contributed by atoms with Crippen molar-refractivity contribution >= 4 is 32.8 Å². The number of carbonyl (C=O) groups excluding carboxylic acids is 4. The second-order valence-electron chi connectivity index (χ2n) is 9.29. The number of carbonyl (C=O) groups is 4. The lowest BCUT2D eigenvalue weighted by Crippen LogP contribution is -2.53. The fourth-order valence-electron chi connectivity index (χ4n) is 3.48. The predicted molar refractivity (Wildman–Crippen MR) is 149 cm³/mol. The monoisotopic (exact) mass is 589 g/mol. The first-order chi connectivity index (χ1) is 19.1. The van der Waals surface area contributed by atoms with Crippen molar-refractivity contribution in [3.05, 3.63) is 25.3 Å². The molecule has 0 bridgehead atoms. The smallest absolute Gasteiger partial charge is 0.466 e. The van der Waals surface area contributed by atoms with Gasteiger partial charge in [0.05, 0.1) is 13.2 Å². The summed E-state index contributed by atoms with van der Waals surface area (Å²) in [6, 6.07) is 0.652. The molecule has 0 saturated carbocycles. The Labute approximate surface area is 239 Å². The minimum absolute atomic E-state index is 0.205. The molecule has 0 rings (SSSR count). The number of hydrogen-bond donors (Lipinski definition) is 1. The molecule has 0 heterocycles. The van der Waals surface area contributed by atoms with Gasteiger partial charge in [-0.05, 0) is 32.6 Å². The Morgan fingerprint density at radius 3 is 1.65 bits per heavy atom. The second kappa shape index (κ2) is 22.0. The Morgan fingerprint density at radius 1 is 0.700 bits per heavy atom. The Bertz CT molecular complexity index is 754. The lowest BCUT2D eigenvalue weighted by atomic mass is 10.1. The molecule has 12 nitrogen and oxygen atoms in total. The molecule has 0 unspecified atom stereocenters. The number of nitrogens with one attached hydrogen (secondary N) is 1. The zero-order valence-electron chi connectivity index (χ0n) is 24.5. The zero-order chi connectivity index (χ0) is 30.3. The van der Waals surface area contributed by atoms with Gasteiger partial charge in [-0.3, -0.25) is 4.79 Å². The molecule has 0 atom stereocenters. The summed E-state index contributed by atoms with van der Waals surface area (Å²) >= 11 is 0. The molecule has 0 aliphatic carbocycles. The van der Waals surface area contributed by atoms with Crippen LogP contribution in [0.15, 0.2) is 25.3 Å². The maximum Gasteiger partial charge on any atom is 0.500 e. The van der Waals surface area contributed by atoms with Crippen LogP contribution in [0.4, 0.5) is 4.79 Å². The first-order valence-electron chi connectivity index (χ1n) is 13.4. The predicted octanol–water partition coefficient (Wildman–Crippen LogP) is 3.86. The molecule has 1 amide bonds. The molecule has 0 aromatic rings. The Hall–Kier alpha value is -2.74. The van der Waals surface area contributed by atoms with E-state index in [0.29, 0.717) is 31.9 Å². The van der Waals surface area contributed by atoms with Crippen molar-refractivity contribution in [2.45, 2.75) is 76.3 Å². The lowest BCUT2D eigenvalue weighted by Gasteiger charge is -2.29. The van der Waals surface area contributed by atoms with Gasteiger partial charge in [0.1, 0.15) is 18.8 Å². The maximum atomic E-state index is 12.2. The van der Waals surface area contributed by atoms with Crippen molar-refractivity contribution < 1.29 is 51.4 Å². The van der Waals surface area contributed by atoms with E-state index >= 15 is 0 Å². The molecule has 0 radical (unpaired) electrons. The number of esters is 3. The molecule has 0 fully saturated rings. The van der Waals surface area contributed by atoms with Crippen LogP contribution < -0.4 is 5.32 Å². The number of rotatable bonds is 24. The summed E-state index contributed by atoms with van der Waals surface area (Å²) < 4.78 is 36.6. The molecule has 0 aromatic carbocycles. The molecule has 0 spiro atoms. The van der Waals surface area contributed by atoms with Crippen molar-refractivity contribution in [1.29, 1.82) is 0 Å². The van der Waals surface area contributed by atoms with E-state index in [1.165, 1.54) is 0 Å². The number of hydrogen-bond acceptors (Lipinski definition) is 11. The maximum absolute atomic E-state index is 12.2. The number of unbranched alkanes of at least 4 members (excludes halogenated alkanes) is 6. The highest BCUT2D eigenvalue weighted by Crippen LogP contribution is 2.17. The van der Waals surface area contributed by atoms with Gasteiger partial charge in [0.2, 0.25) is 0 Å². The fourth-order valence-corrected chi connectivity index (χ4v) is 5.27. The van der Waals surface area contributed by atoms with E-state index in [9.17, 15) is 19.2 Å². The molecule has 13 heteroatoms. The Balaban J connectivity index is 3.97. The summed E-state index contributed by atoms with van der Waals surface area (Å²) in [5.41, 5.74) is -1.19. The van der Waals surface area contributed by atoms with E-state index in [1.807, 2.05) is 0 Å². The normalized spacial score (nSPS) is 11.3. The number of alkyl carbamates (subject to hydrolysis) is 1. The molecular formula is C27H47NO11Si. The van der Waals surface area contributed by atoms with Crippen molar-refractivity contribution in [2.75, 3.05) is 47.8 Å². The summed E-state index contributed by atoms with van der Waals surface area (Å²) in [5, 5.41) is 2.58. The molecule has 0 aliphatic rings. The van der Waals surface area contributed by atoms with Gasteiger partial charge in [0.25, 0.3) is 0 Å². The molecule has 230 valence electrons. The van der Waals surface area contributed by atoms with Crippen molar-refractivity contribution in [3.63, 3.8) is 0 Å². The lowest BCUT2D eigenvalue weighted by molar-refractivity contribution is -0.145. The highest BCUT2D eigenvalue weighted by Gasteiger charge is 2.36. The van der Waals surface area contributed by atoms with Crippen LogP contribution in [0, 0.1) is 0 Å². The number of amides is 1. The van der Waals surface area contributed by atoms with Crippen molar-refractivity contribution in [1.82, 2.24) is 5.32 Å². The highest BCUT2D eigenvalue weighted by atomic mass is 28.4. The van der Waals surface area contributed by atoms with E-state index in [4.69, 9.17) is 32.2 Å². The molecular weight excluding hydrogens is 542 g/mol. The van der Waals surface area contributed by atoms with E-state index in [0.717, 1.165) is 50.7 Å². The van der Waals surface area contributed by atoms with Crippen LogP contribution >= 0.6 is 0 Å². The van der Waals surface area contributed by atoms with Gasteiger partial charge in [-0.1, -0.05) is 38.8 Å². The van der Waals surface area contributed by atoms with Crippen LogP contribution in [0.1, 0.15) is 64.7 Å². The van der Waals surface area contributed by atoms with Gasteiger partial charge in [-0.25, -0.2) is 14.4 Å². The van der Waals surface area contributed by atoms with Gasteiger partial charge in [0.15, 0.2) is 0 Å². The zero-order valence-corrected chi connectivity index (χ0v) is 25.5. The van der Waals surface area contributed by atoms with Crippen molar-refractivity contribution in [2.24, 2.45) is 0 Å². The third-order valence-electron chi connectivity index (χ3n) is 5.88. The van der Waals surface area contributed by atoms with E-state index in [2.05, 4.69) is 18.5 Å². The van der Waals surface area contributed by atoms with Crippen LogP contribution in [-0.2, 0) is 46.6 Å². The molecule has 1 N–H and O–H groups in total. The average Bonchev–Trinajstić information content (AvgIpc) is 2.96. The summed E-state index contributed by atoms with van der Waals surface area (Å²) in [4.78, 5) is 46.9. The minimum atomic E-state index is -2.59. The third-order valence-corrected chi connectivity index (χ3v) is 8.72. The van der Waals surface area contributed by atoms with Crippen LogP contribution in [0.2, 0.25) is 6.04 Å². The first kappa shape index (κ1) is 37.3. The molecule has 0 saturated heterocycles. The van der Waals surface area contributed by atoms with Crippen LogP contribution in [0.3, 0.4) is 0 Å². The van der Waals surface area contributed by atoms with Gasteiger partial charge in [-0.2, -0.15) is 0 Å². The minimum Gasteiger partial charge on any atom is -0.466 e. The standard InChI is InChI=1S/C27H47NO11Si/c1-7-23(29)38-21-27(3,22-39-24(30)8-2)28-26(32)37-19-15-12-10-9-11-14-18-36-25(31)17-13-16-20-40(33-4,34-5)35-6/h7-8H,1-2,9-22H2,3-6H3,(H,28,32). The van der Waals surface area contributed by atoms with Gasteiger partial charge < -0.3 is 37.5 Å². The van der Waals surface area contributed by atoms with E-state index < -0.39 is 32.4 Å². The van der Waals surface area contributed by atoms with Gasteiger partial charge in [0, 0.05) is 45.9 Å². The molecule has 40 heavy (non-hydrogen) atoms. The summed E-state index contributed by atoms with van der Waals surface area (Å²) in [6.45, 7) is 8.30. The topological polar surface area (TPSA) is 145 Å². The fraction of sp³-hybridized carbons (Fsp3) is 0.704. The number of ether oxygens (including phenoxy) is 4. The highest BCUT2D eigenvalue weighted by molar-refractivity contribution is 6.60. The molecule has 0 aromatic heterocycles. The van der Waals surface area contributed by atoms with Crippen molar-refractivity contribution in [3.8, 4) is 0 Å². The van der Waals surface area contributed by atoms with E-state index in [1.54, 1.807) is 28.3 Å². The van der Waals surface area contributed by atoms with E-state index in [-0.39, 0.29) is 25.8 Å². The quantitative estimate of drug-likeness (QED) is 0.0576. The second-order valence-corrected chi connectivity index (χ2v) is 12.4. The van der Waals surface area contributed by atoms with Crippen LogP contribution in [0.5, 0.6) is 0 Å². The summed E-state index contributed by atoms with van der Waals surface area (Å²) in [5.74, 6) is -1.55. The summed E-state index contributed by atoms with van der Waals surface area (Å²) in [6.07, 6.45) is 8.27. The first-order valence-corrected chi connectivity index (χ1v) is 15.4. The van der Waals surface area contributed by atoms with Gasteiger partial charge >= 0.3 is 32.8 Å². The average molecular weight is 590 g/mol. The Morgan fingerprint density at radius 2 is 1.18 bits per heavy atom. The molecule has 0 aliphatic heterocycles. The van der Waals surface area contributed by atoms with Gasteiger partial charge in [-0.15, -0.1) is 0 Å². The van der Waals surface area contributed by atoms with Crippen LogP contribution in [-0.4, -0.2) is 86.1 Å². The Kier molecular flexibility index (Phi) is 20.5. The van der Waals surface area contributed by atoms with Crippen LogP contribution in [0.25, 0.3) is 0 Å². The SMILES string of the molecule is C=CC(=O)OCC(C)(COC(=O)C=C)NC(=O)OCCCCCCCCOC(=O)CCCC[Si](OC)(OC)OC. The third kappa shape index (κ3) is 17.8. The summed E-state index contributed by atoms with van der Waals surface area (Å²) in [7, 11) is 2.12. The largest absolute Gasteiger partial charge is 0.500 e.